The standard InChI is InChI=1S/C21H18ClN3O5S/c22-17-7-13-6-14(24-19(13)31-17)18(26)23-15-5-12-3-1-2-4-16(12)25(20(15)27)8-11-9-29-21(28)30-10-11/h1-4,6-7,11,15,24H,5,8-10H2,(H,23,26). The van der Waals surface area contributed by atoms with E-state index in [1.807, 2.05) is 24.3 Å². The minimum Gasteiger partial charge on any atom is -0.434 e. The topological polar surface area (TPSA) is 101 Å². The largest absolute Gasteiger partial charge is 0.508 e. The number of benzene rings is 1. The van der Waals surface area contributed by atoms with Crippen molar-refractivity contribution in [3.05, 3.63) is 52.0 Å². The fraction of sp³-hybridized carbons (Fsp3) is 0.286. The smallest absolute Gasteiger partial charge is 0.434 e. The first-order chi connectivity index (χ1) is 15.0. The van der Waals surface area contributed by atoms with E-state index in [-0.39, 0.29) is 30.9 Å². The van der Waals surface area contributed by atoms with E-state index in [1.165, 1.54) is 11.3 Å². The molecule has 10 heteroatoms. The monoisotopic (exact) mass is 459 g/mol. The molecule has 5 rings (SSSR count). The van der Waals surface area contributed by atoms with Crippen molar-refractivity contribution in [2.75, 3.05) is 24.7 Å². The molecule has 31 heavy (non-hydrogen) atoms. The number of hydrogen-bond donors (Lipinski definition) is 2. The summed E-state index contributed by atoms with van der Waals surface area (Å²) in [5, 5.41) is 3.71. The van der Waals surface area contributed by atoms with Gasteiger partial charge in [0, 0.05) is 30.0 Å². The van der Waals surface area contributed by atoms with Gasteiger partial charge >= 0.3 is 6.16 Å². The average Bonchev–Trinajstić information content (AvgIpc) is 3.30. The molecule has 1 atom stereocenters. The van der Waals surface area contributed by atoms with Gasteiger partial charge in [0.2, 0.25) is 5.91 Å². The summed E-state index contributed by atoms with van der Waals surface area (Å²) in [4.78, 5) is 42.8. The van der Waals surface area contributed by atoms with E-state index < -0.39 is 12.2 Å². The van der Waals surface area contributed by atoms with E-state index in [4.69, 9.17) is 21.1 Å². The summed E-state index contributed by atoms with van der Waals surface area (Å²) in [6.45, 7) is 0.694. The van der Waals surface area contributed by atoms with Crippen molar-refractivity contribution in [2.45, 2.75) is 12.5 Å². The molecule has 0 bridgehead atoms. The lowest BCUT2D eigenvalue weighted by Gasteiger charge is -2.36. The van der Waals surface area contributed by atoms with Gasteiger partial charge in [-0.05, 0) is 23.8 Å². The van der Waals surface area contributed by atoms with Crippen molar-refractivity contribution in [1.29, 1.82) is 0 Å². The number of amides is 2. The maximum absolute atomic E-state index is 13.3. The highest BCUT2D eigenvalue weighted by atomic mass is 35.5. The van der Waals surface area contributed by atoms with Crippen LogP contribution in [0.1, 0.15) is 16.1 Å². The van der Waals surface area contributed by atoms with Crippen LogP contribution in [0.5, 0.6) is 0 Å². The van der Waals surface area contributed by atoms with Crippen LogP contribution in [0.3, 0.4) is 0 Å². The third-order valence-corrected chi connectivity index (χ3v) is 6.61. The summed E-state index contributed by atoms with van der Waals surface area (Å²) >= 11 is 7.35. The zero-order valence-corrected chi connectivity index (χ0v) is 17.8. The Morgan fingerprint density at radius 3 is 2.77 bits per heavy atom. The number of cyclic esters (lactones) is 2. The number of fused-ring (bicyclic) bond motifs is 2. The van der Waals surface area contributed by atoms with Crippen LogP contribution in [0.25, 0.3) is 10.2 Å². The van der Waals surface area contributed by atoms with Crippen LogP contribution in [0, 0.1) is 5.92 Å². The number of aromatic amines is 1. The van der Waals surface area contributed by atoms with Crippen LogP contribution < -0.4 is 10.2 Å². The maximum atomic E-state index is 13.3. The van der Waals surface area contributed by atoms with Crippen LogP contribution in [0.4, 0.5) is 10.5 Å². The molecule has 0 saturated carbocycles. The summed E-state index contributed by atoms with van der Waals surface area (Å²) in [6.07, 6.45) is -0.298. The predicted molar refractivity (Wildman–Crippen MR) is 116 cm³/mol. The number of carbonyl (C=O) groups excluding carboxylic acids is 3. The molecule has 160 valence electrons. The van der Waals surface area contributed by atoms with E-state index >= 15 is 0 Å². The Hall–Kier alpha value is -3.04. The number of aromatic nitrogens is 1. The van der Waals surface area contributed by atoms with E-state index in [9.17, 15) is 14.4 Å². The molecule has 2 aromatic heterocycles. The Labute approximate surface area is 186 Å². The fourth-order valence-corrected chi connectivity index (χ4v) is 5.06. The zero-order valence-electron chi connectivity index (χ0n) is 16.2. The molecule has 2 aliphatic heterocycles. The van der Waals surface area contributed by atoms with Crippen LogP contribution in [0.2, 0.25) is 4.34 Å². The molecular formula is C21H18ClN3O5S. The molecule has 8 nitrogen and oxygen atoms in total. The molecular weight excluding hydrogens is 442 g/mol. The summed E-state index contributed by atoms with van der Waals surface area (Å²) in [7, 11) is 0. The Kier molecular flexibility index (Phi) is 5.07. The van der Waals surface area contributed by atoms with Crippen LogP contribution in [-0.4, -0.2) is 48.8 Å². The van der Waals surface area contributed by atoms with Crippen molar-refractivity contribution >= 4 is 56.8 Å². The highest BCUT2D eigenvalue weighted by Crippen LogP contribution is 2.31. The number of para-hydroxylation sites is 1. The normalized spacial score (nSPS) is 19.1. The first-order valence-electron chi connectivity index (χ1n) is 9.75. The van der Waals surface area contributed by atoms with Gasteiger partial charge < -0.3 is 24.7 Å². The Morgan fingerprint density at radius 2 is 2.00 bits per heavy atom. The van der Waals surface area contributed by atoms with Gasteiger partial charge in [-0.25, -0.2) is 4.79 Å². The molecule has 0 spiro atoms. The molecule has 1 fully saturated rings. The molecule has 2 aliphatic rings. The van der Waals surface area contributed by atoms with Crippen molar-refractivity contribution in [3.8, 4) is 0 Å². The Morgan fingerprint density at radius 1 is 1.23 bits per heavy atom. The third-order valence-electron chi connectivity index (χ3n) is 5.41. The number of anilines is 1. The summed E-state index contributed by atoms with van der Waals surface area (Å²) in [5.74, 6) is -0.711. The van der Waals surface area contributed by atoms with Crippen molar-refractivity contribution in [1.82, 2.24) is 10.3 Å². The fourth-order valence-electron chi connectivity index (χ4n) is 3.94. The second kappa shape index (κ2) is 7.90. The number of thiophene rings is 1. The van der Waals surface area contributed by atoms with Gasteiger partial charge in [0.05, 0.1) is 4.34 Å². The van der Waals surface area contributed by atoms with Gasteiger partial charge in [0.1, 0.15) is 29.8 Å². The molecule has 1 saturated heterocycles. The van der Waals surface area contributed by atoms with Crippen LogP contribution in [-0.2, 0) is 20.7 Å². The highest BCUT2D eigenvalue weighted by Gasteiger charge is 2.36. The van der Waals surface area contributed by atoms with Gasteiger partial charge in [-0.15, -0.1) is 11.3 Å². The van der Waals surface area contributed by atoms with Gasteiger partial charge in [-0.3, -0.25) is 9.59 Å². The number of rotatable bonds is 4. The Balaban J connectivity index is 1.36. The number of hydrogen-bond acceptors (Lipinski definition) is 6. The van der Waals surface area contributed by atoms with Gasteiger partial charge in [0.25, 0.3) is 5.91 Å². The molecule has 1 aromatic carbocycles. The number of ether oxygens (including phenoxy) is 2. The van der Waals surface area contributed by atoms with Crippen LogP contribution in [0.15, 0.2) is 36.4 Å². The first-order valence-corrected chi connectivity index (χ1v) is 10.9. The second-order valence-electron chi connectivity index (χ2n) is 7.56. The molecule has 0 radical (unpaired) electrons. The summed E-state index contributed by atoms with van der Waals surface area (Å²) in [6, 6.07) is 10.4. The van der Waals surface area contributed by atoms with Crippen molar-refractivity contribution in [2.24, 2.45) is 5.92 Å². The number of nitrogens with zero attached hydrogens (tertiary/aromatic N) is 1. The molecule has 1 unspecified atom stereocenters. The Bertz CT molecular complexity index is 1150. The SMILES string of the molecule is O=C1OCC(CN2C(=O)C(NC(=O)c3cc4cc(Cl)sc4[nH]3)Cc3ccccc32)CO1. The highest BCUT2D eigenvalue weighted by molar-refractivity contribution is 7.22. The van der Waals surface area contributed by atoms with Crippen molar-refractivity contribution in [3.63, 3.8) is 0 Å². The zero-order chi connectivity index (χ0) is 21.5. The van der Waals surface area contributed by atoms with Crippen molar-refractivity contribution < 1.29 is 23.9 Å². The minimum atomic E-state index is -0.709. The van der Waals surface area contributed by atoms with E-state index in [0.717, 1.165) is 21.5 Å². The van der Waals surface area contributed by atoms with Gasteiger partial charge in [-0.1, -0.05) is 29.8 Å². The number of nitrogens with one attached hydrogen (secondary N) is 2. The van der Waals surface area contributed by atoms with Gasteiger partial charge in [-0.2, -0.15) is 0 Å². The lowest BCUT2D eigenvalue weighted by Crippen LogP contribution is -2.54. The van der Waals surface area contributed by atoms with E-state index in [2.05, 4.69) is 10.3 Å². The molecule has 2 amide bonds. The lowest BCUT2D eigenvalue weighted by molar-refractivity contribution is -0.121. The molecule has 4 heterocycles. The maximum Gasteiger partial charge on any atom is 0.508 e. The summed E-state index contributed by atoms with van der Waals surface area (Å²) in [5.41, 5.74) is 2.13. The second-order valence-corrected chi connectivity index (χ2v) is 9.25. The lowest BCUT2D eigenvalue weighted by atomic mass is 9.95. The van der Waals surface area contributed by atoms with E-state index in [1.54, 1.807) is 17.0 Å². The quantitative estimate of drug-likeness (QED) is 0.583. The molecule has 0 aliphatic carbocycles. The van der Waals surface area contributed by atoms with E-state index in [0.29, 0.717) is 23.0 Å². The summed E-state index contributed by atoms with van der Waals surface area (Å²) < 4.78 is 10.5. The average molecular weight is 460 g/mol. The molecule has 2 N–H and O–H groups in total. The first kappa shape index (κ1) is 19.9. The minimum absolute atomic E-state index is 0.149. The molecule has 3 aromatic rings. The number of H-pyrrole nitrogens is 1. The number of carbonyl (C=O) groups is 3. The number of halogens is 1. The van der Waals surface area contributed by atoms with Gasteiger partial charge in [0.15, 0.2) is 0 Å². The predicted octanol–water partition coefficient (Wildman–Crippen LogP) is 3.35. The third kappa shape index (κ3) is 3.86. The van der Waals surface area contributed by atoms with Crippen LogP contribution >= 0.6 is 22.9 Å².